The molecule has 174 valence electrons. The summed E-state index contributed by atoms with van der Waals surface area (Å²) in [5.74, 6) is -1.94. The average molecular weight is 455 g/mol. The molecule has 2 N–H and O–H groups in total. The third-order valence-corrected chi connectivity index (χ3v) is 5.03. The molecule has 6 nitrogen and oxygen atoms in total. The van der Waals surface area contributed by atoms with E-state index in [0.717, 1.165) is 23.4 Å². The number of hydrogen-bond donors (Lipinski definition) is 2. The second kappa shape index (κ2) is 10.4. The topological polar surface area (TPSA) is 76.0 Å². The second-order valence-electron chi connectivity index (χ2n) is 8.84. The van der Waals surface area contributed by atoms with Gasteiger partial charge < -0.3 is 10.6 Å². The summed E-state index contributed by atoms with van der Waals surface area (Å²) in [5, 5.41) is 10.1. The lowest BCUT2D eigenvalue weighted by atomic mass is 9.92. The highest BCUT2D eigenvalue weighted by Crippen LogP contribution is 2.25. The van der Waals surface area contributed by atoms with Gasteiger partial charge in [0.05, 0.1) is 17.8 Å². The smallest absolute Gasteiger partial charge is 0.254 e. The molecular formula is C25H28F2N4O2. The largest absolute Gasteiger partial charge is 0.352 e. The Morgan fingerprint density at radius 2 is 1.76 bits per heavy atom. The molecule has 0 saturated heterocycles. The number of nitrogens with one attached hydrogen (secondary N) is 2. The number of benzene rings is 2. The number of nitrogens with zero attached hydrogens (tertiary/aromatic N) is 2. The van der Waals surface area contributed by atoms with Crippen molar-refractivity contribution in [2.75, 3.05) is 11.9 Å². The van der Waals surface area contributed by atoms with Gasteiger partial charge in [0.2, 0.25) is 5.91 Å². The van der Waals surface area contributed by atoms with Crippen molar-refractivity contribution in [1.82, 2.24) is 15.1 Å². The molecule has 1 heterocycles. The van der Waals surface area contributed by atoms with E-state index in [1.807, 2.05) is 36.4 Å². The molecule has 2 amide bonds. The van der Waals surface area contributed by atoms with Crippen molar-refractivity contribution in [3.63, 3.8) is 0 Å². The normalized spacial score (nSPS) is 11.3. The Labute approximate surface area is 192 Å². The summed E-state index contributed by atoms with van der Waals surface area (Å²) in [7, 11) is 0. The monoisotopic (exact) mass is 454 g/mol. The third-order valence-electron chi connectivity index (χ3n) is 5.03. The minimum atomic E-state index is -0.924. The van der Waals surface area contributed by atoms with Crippen LogP contribution in [0.2, 0.25) is 0 Å². The lowest BCUT2D eigenvalue weighted by Crippen LogP contribution is -2.26. The lowest BCUT2D eigenvalue weighted by Gasteiger charge is -2.14. The van der Waals surface area contributed by atoms with Gasteiger partial charge in [-0.3, -0.25) is 9.59 Å². The van der Waals surface area contributed by atoms with Crippen LogP contribution < -0.4 is 10.6 Å². The van der Waals surface area contributed by atoms with Gasteiger partial charge in [-0.25, -0.2) is 13.5 Å². The minimum absolute atomic E-state index is 0.160. The minimum Gasteiger partial charge on any atom is -0.352 e. The van der Waals surface area contributed by atoms with E-state index in [-0.39, 0.29) is 29.9 Å². The van der Waals surface area contributed by atoms with Crippen LogP contribution in [0.5, 0.6) is 0 Å². The van der Waals surface area contributed by atoms with Gasteiger partial charge in [0.1, 0.15) is 17.5 Å². The van der Waals surface area contributed by atoms with Crippen molar-refractivity contribution < 1.29 is 18.4 Å². The predicted molar refractivity (Wildman–Crippen MR) is 123 cm³/mol. The Kier molecular flexibility index (Phi) is 7.58. The Bertz CT molecular complexity index is 1120. The molecule has 1 aromatic heterocycles. The van der Waals surface area contributed by atoms with Crippen LogP contribution in [0.25, 0.3) is 0 Å². The van der Waals surface area contributed by atoms with Crippen LogP contribution in [0.15, 0.2) is 54.6 Å². The zero-order valence-electron chi connectivity index (χ0n) is 19.0. The van der Waals surface area contributed by atoms with Crippen LogP contribution in [0.3, 0.4) is 0 Å². The summed E-state index contributed by atoms with van der Waals surface area (Å²) in [6.45, 7) is 6.87. The summed E-state index contributed by atoms with van der Waals surface area (Å²) in [4.78, 5) is 24.6. The second-order valence-corrected chi connectivity index (χ2v) is 8.84. The maximum Gasteiger partial charge on any atom is 0.254 e. The summed E-state index contributed by atoms with van der Waals surface area (Å²) in [5.41, 5.74) is 1.51. The number of carbonyl (C=O) groups excluding carboxylic acids is 2. The summed E-state index contributed by atoms with van der Waals surface area (Å²) in [6.07, 6.45) is 0.521. The average Bonchev–Trinajstić information content (AvgIpc) is 3.14. The van der Waals surface area contributed by atoms with Crippen LogP contribution in [0.4, 0.5) is 14.6 Å². The first-order chi connectivity index (χ1) is 15.6. The fraction of sp³-hybridized carbons (Fsp3) is 0.320. The standard InChI is InChI=1S/C25H28F2N4O2/c1-25(2,3)21-15-22(31(30-21)16-17-8-5-4-6-9-17)29-23(32)10-7-13-28-24(33)19-12-11-18(26)14-20(19)27/h4-6,8-9,11-12,14-15H,7,10,13,16H2,1-3H3,(H,28,33)(H,29,32). The molecule has 8 heteroatoms. The van der Waals surface area contributed by atoms with E-state index in [0.29, 0.717) is 24.8 Å². The fourth-order valence-corrected chi connectivity index (χ4v) is 3.19. The van der Waals surface area contributed by atoms with Gasteiger partial charge in [0, 0.05) is 30.5 Å². The van der Waals surface area contributed by atoms with Crippen molar-refractivity contribution in [2.24, 2.45) is 0 Å². The first-order valence-electron chi connectivity index (χ1n) is 10.8. The highest BCUT2D eigenvalue weighted by atomic mass is 19.1. The molecule has 0 unspecified atom stereocenters. The molecule has 0 aliphatic heterocycles. The molecule has 0 aliphatic rings. The number of aromatic nitrogens is 2. The maximum atomic E-state index is 13.7. The number of amides is 2. The van der Waals surface area contributed by atoms with Gasteiger partial charge in [-0.2, -0.15) is 5.10 Å². The molecule has 0 fully saturated rings. The van der Waals surface area contributed by atoms with Crippen LogP contribution in [0, 0.1) is 11.6 Å². The number of anilines is 1. The van der Waals surface area contributed by atoms with Gasteiger partial charge in [-0.15, -0.1) is 0 Å². The van der Waals surface area contributed by atoms with E-state index in [9.17, 15) is 18.4 Å². The first kappa shape index (κ1) is 24.1. The molecule has 0 bridgehead atoms. The molecule has 0 spiro atoms. The molecule has 0 radical (unpaired) electrons. The third kappa shape index (κ3) is 6.71. The van der Waals surface area contributed by atoms with E-state index < -0.39 is 17.5 Å². The highest BCUT2D eigenvalue weighted by Gasteiger charge is 2.21. The van der Waals surface area contributed by atoms with Crippen molar-refractivity contribution in [1.29, 1.82) is 0 Å². The van der Waals surface area contributed by atoms with Crippen molar-refractivity contribution in [3.05, 3.63) is 83.1 Å². The van der Waals surface area contributed by atoms with E-state index in [2.05, 4.69) is 36.5 Å². The molecule has 0 saturated carbocycles. The summed E-state index contributed by atoms with van der Waals surface area (Å²) in [6, 6.07) is 14.5. The summed E-state index contributed by atoms with van der Waals surface area (Å²) < 4.78 is 28.4. The van der Waals surface area contributed by atoms with E-state index >= 15 is 0 Å². The van der Waals surface area contributed by atoms with E-state index in [1.54, 1.807) is 4.68 Å². The zero-order chi connectivity index (χ0) is 24.0. The van der Waals surface area contributed by atoms with Crippen LogP contribution in [-0.4, -0.2) is 28.1 Å². The highest BCUT2D eigenvalue weighted by molar-refractivity contribution is 5.94. The first-order valence-corrected chi connectivity index (χ1v) is 10.8. The SMILES string of the molecule is CC(C)(C)c1cc(NC(=O)CCCNC(=O)c2ccc(F)cc2F)n(Cc2ccccc2)n1. The molecule has 3 aromatic rings. The van der Waals surface area contributed by atoms with Gasteiger partial charge in [-0.05, 0) is 24.1 Å². The lowest BCUT2D eigenvalue weighted by molar-refractivity contribution is -0.116. The number of hydrogen-bond acceptors (Lipinski definition) is 3. The Hall–Kier alpha value is -3.55. The quantitative estimate of drug-likeness (QED) is 0.486. The van der Waals surface area contributed by atoms with Gasteiger partial charge in [-0.1, -0.05) is 51.1 Å². The van der Waals surface area contributed by atoms with Gasteiger partial charge in [0.15, 0.2) is 0 Å². The molecule has 0 atom stereocenters. The Morgan fingerprint density at radius 1 is 1.03 bits per heavy atom. The molecule has 0 aliphatic carbocycles. The molecule has 3 rings (SSSR count). The number of rotatable bonds is 8. The van der Waals surface area contributed by atoms with E-state index in [4.69, 9.17) is 0 Å². The molecule has 2 aromatic carbocycles. The van der Waals surface area contributed by atoms with Crippen LogP contribution in [-0.2, 0) is 16.8 Å². The zero-order valence-corrected chi connectivity index (χ0v) is 19.0. The number of carbonyl (C=O) groups is 2. The maximum absolute atomic E-state index is 13.7. The Morgan fingerprint density at radius 3 is 2.42 bits per heavy atom. The predicted octanol–water partition coefficient (Wildman–Crippen LogP) is 4.66. The fourth-order valence-electron chi connectivity index (χ4n) is 3.19. The Balaban J connectivity index is 1.57. The van der Waals surface area contributed by atoms with Crippen molar-refractivity contribution in [2.45, 2.75) is 45.6 Å². The van der Waals surface area contributed by atoms with Crippen LogP contribution in [0.1, 0.15) is 55.2 Å². The van der Waals surface area contributed by atoms with Crippen LogP contribution >= 0.6 is 0 Å². The number of halogens is 2. The molecular weight excluding hydrogens is 426 g/mol. The van der Waals surface area contributed by atoms with Gasteiger partial charge in [0.25, 0.3) is 5.91 Å². The van der Waals surface area contributed by atoms with Crippen molar-refractivity contribution in [3.8, 4) is 0 Å². The van der Waals surface area contributed by atoms with Crippen molar-refractivity contribution >= 4 is 17.6 Å². The molecule has 33 heavy (non-hydrogen) atoms. The van der Waals surface area contributed by atoms with Gasteiger partial charge >= 0.3 is 0 Å². The summed E-state index contributed by atoms with van der Waals surface area (Å²) >= 11 is 0. The van der Waals surface area contributed by atoms with E-state index in [1.165, 1.54) is 0 Å².